The van der Waals surface area contributed by atoms with E-state index in [2.05, 4.69) is 12.2 Å². The second kappa shape index (κ2) is 5.89. The van der Waals surface area contributed by atoms with E-state index < -0.39 is 0 Å². The summed E-state index contributed by atoms with van der Waals surface area (Å²) < 4.78 is 5.47. The molecule has 78 valence electrons. The van der Waals surface area contributed by atoms with Crippen LogP contribution < -0.4 is 10.1 Å². The molecule has 0 aliphatic rings. The molecule has 3 heteroatoms. The minimum Gasteiger partial charge on any atom is -0.492 e. The van der Waals surface area contributed by atoms with Crippen molar-refractivity contribution in [3.8, 4) is 5.75 Å². The Balaban J connectivity index is 2.68. The van der Waals surface area contributed by atoms with Crippen LogP contribution in [0.2, 0.25) is 5.02 Å². The third-order valence-electron chi connectivity index (χ3n) is 1.84. The maximum absolute atomic E-state index is 6.05. The molecule has 0 saturated heterocycles. The Kier molecular flexibility index (Phi) is 4.77. The number of hydrogen-bond donors (Lipinski definition) is 1. The van der Waals surface area contributed by atoms with Crippen LogP contribution in [0.25, 0.3) is 0 Å². The molecule has 2 nitrogen and oxygen atoms in total. The Morgan fingerprint density at radius 1 is 1.43 bits per heavy atom. The Morgan fingerprint density at radius 3 is 2.79 bits per heavy atom. The summed E-state index contributed by atoms with van der Waals surface area (Å²) in [6.45, 7) is 3.61. The molecule has 14 heavy (non-hydrogen) atoms. The van der Waals surface area contributed by atoms with E-state index in [1.165, 1.54) is 5.56 Å². The molecule has 0 aromatic heterocycles. The number of benzene rings is 1. The average molecular weight is 214 g/mol. The molecule has 1 aromatic rings. The van der Waals surface area contributed by atoms with Gasteiger partial charge in [0.1, 0.15) is 5.75 Å². The van der Waals surface area contributed by atoms with E-state index in [-0.39, 0.29) is 0 Å². The topological polar surface area (TPSA) is 21.3 Å². The summed E-state index contributed by atoms with van der Waals surface area (Å²) in [7, 11) is 1.91. The quantitative estimate of drug-likeness (QED) is 0.812. The van der Waals surface area contributed by atoms with Gasteiger partial charge < -0.3 is 10.1 Å². The van der Waals surface area contributed by atoms with Crippen LogP contribution in [0.3, 0.4) is 0 Å². The van der Waals surface area contributed by atoms with Gasteiger partial charge in [0.05, 0.1) is 11.6 Å². The molecule has 0 atom stereocenters. The monoisotopic (exact) mass is 213 g/mol. The summed E-state index contributed by atoms with van der Waals surface area (Å²) in [5.41, 5.74) is 1.17. The molecule has 0 spiro atoms. The van der Waals surface area contributed by atoms with Gasteiger partial charge in [0.2, 0.25) is 0 Å². The lowest BCUT2D eigenvalue weighted by molar-refractivity contribution is 0.317. The predicted octanol–water partition coefficient (Wildman–Crippen LogP) is 2.85. The average Bonchev–Trinajstić information content (AvgIpc) is 2.17. The van der Waals surface area contributed by atoms with E-state index >= 15 is 0 Å². The second-order valence-corrected chi connectivity index (χ2v) is 3.55. The van der Waals surface area contributed by atoms with Crippen LogP contribution in [0.1, 0.15) is 18.9 Å². The smallest absolute Gasteiger partial charge is 0.137 e. The summed E-state index contributed by atoms with van der Waals surface area (Å²) in [6.07, 6.45) is 0.995. The van der Waals surface area contributed by atoms with E-state index in [4.69, 9.17) is 16.3 Å². The summed E-state index contributed by atoms with van der Waals surface area (Å²) in [4.78, 5) is 0. The van der Waals surface area contributed by atoms with Gasteiger partial charge in [-0.25, -0.2) is 0 Å². The van der Waals surface area contributed by atoms with Gasteiger partial charge in [-0.3, -0.25) is 0 Å². The maximum Gasteiger partial charge on any atom is 0.137 e. The van der Waals surface area contributed by atoms with Crippen molar-refractivity contribution in [2.75, 3.05) is 13.7 Å². The maximum atomic E-state index is 6.05. The fraction of sp³-hybridized carbons (Fsp3) is 0.455. The van der Waals surface area contributed by atoms with Crippen LogP contribution in [0.5, 0.6) is 5.75 Å². The van der Waals surface area contributed by atoms with Crippen molar-refractivity contribution in [2.45, 2.75) is 19.9 Å². The van der Waals surface area contributed by atoms with Crippen LogP contribution in [0.15, 0.2) is 18.2 Å². The first-order valence-electron chi connectivity index (χ1n) is 4.83. The molecule has 0 fully saturated rings. The number of halogens is 1. The van der Waals surface area contributed by atoms with Gasteiger partial charge >= 0.3 is 0 Å². The van der Waals surface area contributed by atoms with Crippen molar-refractivity contribution in [1.82, 2.24) is 5.32 Å². The highest BCUT2D eigenvalue weighted by Crippen LogP contribution is 2.25. The highest BCUT2D eigenvalue weighted by atomic mass is 35.5. The van der Waals surface area contributed by atoms with Gasteiger partial charge in [-0.05, 0) is 31.2 Å². The van der Waals surface area contributed by atoms with Crippen LogP contribution in [-0.2, 0) is 6.54 Å². The number of ether oxygens (including phenoxy) is 1. The van der Waals surface area contributed by atoms with Gasteiger partial charge in [-0.2, -0.15) is 0 Å². The molecule has 0 saturated carbocycles. The zero-order valence-corrected chi connectivity index (χ0v) is 9.40. The molecule has 0 unspecified atom stereocenters. The number of rotatable bonds is 5. The first-order chi connectivity index (χ1) is 6.77. The standard InChI is InChI=1S/C11H16ClNO/c1-3-6-14-11-5-4-9(8-13-2)7-10(11)12/h4-5,7,13H,3,6,8H2,1-2H3. The second-order valence-electron chi connectivity index (χ2n) is 3.14. The van der Waals surface area contributed by atoms with Crippen LogP contribution >= 0.6 is 11.6 Å². The van der Waals surface area contributed by atoms with E-state index in [1.54, 1.807) is 0 Å². The summed E-state index contributed by atoms with van der Waals surface area (Å²) in [5.74, 6) is 0.772. The molecule has 1 rings (SSSR count). The zero-order chi connectivity index (χ0) is 10.4. The summed E-state index contributed by atoms with van der Waals surface area (Å²) in [6, 6.07) is 5.88. The van der Waals surface area contributed by atoms with Crippen molar-refractivity contribution < 1.29 is 4.74 Å². The molecule has 1 aromatic carbocycles. The molecular formula is C11H16ClNO. The zero-order valence-electron chi connectivity index (χ0n) is 8.64. The first kappa shape index (κ1) is 11.3. The lowest BCUT2D eigenvalue weighted by Gasteiger charge is -2.08. The van der Waals surface area contributed by atoms with Crippen molar-refractivity contribution in [3.05, 3.63) is 28.8 Å². The minimum absolute atomic E-state index is 0.686. The normalized spacial score (nSPS) is 10.2. The number of nitrogens with one attached hydrogen (secondary N) is 1. The van der Waals surface area contributed by atoms with Crippen LogP contribution in [-0.4, -0.2) is 13.7 Å². The fourth-order valence-corrected chi connectivity index (χ4v) is 1.45. The highest BCUT2D eigenvalue weighted by Gasteiger charge is 2.01. The summed E-state index contributed by atoms with van der Waals surface area (Å²) in [5, 5.41) is 3.76. The van der Waals surface area contributed by atoms with E-state index in [0.717, 1.165) is 18.7 Å². The minimum atomic E-state index is 0.686. The Hall–Kier alpha value is -0.730. The Morgan fingerprint density at radius 2 is 2.21 bits per heavy atom. The van der Waals surface area contributed by atoms with Gasteiger partial charge in [0.25, 0.3) is 0 Å². The van der Waals surface area contributed by atoms with Crippen LogP contribution in [0.4, 0.5) is 0 Å². The third kappa shape index (κ3) is 3.20. The lowest BCUT2D eigenvalue weighted by atomic mass is 10.2. The first-order valence-corrected chi connectivity index (χ1v) is 5.21. The Labute approximate surface area is 90.2 Å². The van der Waals surface area contributed by atoms with Gasteiger partial charge in [-0.1, -0.05) is 24.6 Å². The van der Waals surface area contributed by atoms with Gasteiger partial charge in [0.15, 0.2) is 0 Å². The Bertz CT molecular complexity index is 289. The van der Waals surface area contributed by atoms with Crippen LogP contribution in [0, 0.1) is 0 Å². The van der Waals surface area contributed by atoms with Crippen molar-refractivity contribution in [2.24, 2.45) is 0 Å². The van der Waals surface area contributed by atoms with Crippen molar-refractivity contribution in [1.29, 1.82) is 0 Å². The molecular weight excluding hydrogens is 198 g/mol. The highest BCUT2D eigenvalue weighted by molar-refractivity contribution is 6.32. The molecule has 0 bridgehead atoms. The molecule has 0 amide bonds. The van der Waals surface area contributed by atoms with Crippen molar-refractivity contribution in [3.63, 3.8) is 0 Å². The summed E-state index contributed by atoms with van der Waals surface area (Å²) >= 11 is 6.05. The van der Waals surface area contributed by atoms with Crippen molar-refractivity contribution >= 4 is 11.6 Å². The van der Waals surface area contributed by atoms with Gasteiger partial charge in [-0.15, -0.1) is 0 Å². The predicted molar refractivity (Wildman–Crippen MR) is 60.0 cm³/mol. The molecule has 0 aliphatic heterocycles. The molecule has 1 N–H and O–H groups in total. The van der Waals surface area contributed by atoms with E-state index in [1.807, 2.05) is 25.2 Å². The van der Waals surface area contributed by atoms with Gasteiger partial charge in [0, 0.05) is 6.54 Å². The number of hydrogen-bond acceptors (Lipinski definition) is 2. The fourth-order valence-electron chi connectivity index (χ4n) is 1.19. The lowest BCUT2D eigenvalue weighted by Crippen LogP contribution is -2.05. The SMILES string of the molecule is CCCOc1ccc(CNC)cc1Cl. The molecule has 0 aliphatic carbocycles. The molecule has 0 radical (unpaired) electrons. The third-order valence-corrected chi connectivity index (χ3v) is 2.13. The molecule has 0 heterocycles. The van der Waals surface area contributed by atoms with E-state index in [0.29, 0.717) is 11.6 Å². The van der Waals surface area contributed by atoms with E-state index in [9.17, 15) is 0 Å². The largest absolute Gasteiger partial charge is 0.492 e.